The molecule has 0 aliphatic heterocycles. The molecule has 66 valence electrons. The first-order chi connectivity index (χ1) is 5.58. The highest BCUT2D eigenvalue weighted by atomic mass is 35.5. The smallest absolute Gasteiger partial charge is 0.125 e. The molecule has 0 aromatic heterocycles. The first-order valence-electron chi connectivity index (χ1n) is 3.43. The standard InChI is InChI=1S/C8H9ClFNO/c1-11(12)5-6-2-7(9)4-8(10)3-6/h2-4,12H,5H2,1H3. The first-order valence-corrected chi connectivity index (χ1v) is 3.80. The van der Waals surface area contributed by atoms with Crippen molar-refractivity contribution in [1.82, 2.24) is 5.06 Å². The molecule has 1 rings (SSSR count). The van der Waals surface area contributed by atoms with Gasteiger partial charge in [-0.2, -0.15) is 5.06 Å². The van der Waals surface area contributed by atoms with E-state index in [1.165, 1.54) is 19.2 Å². The topological polar surface area (TPSA) is 23.5 Å². The summed E-state index contributed by atoms with van der Waals surface area (Å²) < 4.78 is 12.7. The molecule has 0 unspecified atom stereocenters. The lowest BCUT2D eigenvalue weighted by molar-refractivity contribution is -0.0731. The van der Waals surface area contributed by atoms with Crippen LogP contribution in [0.1, 0.15) is 5.56 Å². The predicted octanol–water partition coefficient (Wildman–Crippen LogP) is 2.30. The molecule has 0 fully saturated rings. The Morgan fingerprint density at radius 2 is 2.17 bits per heavy atom. The zero-order valence-electron chi connectivity index (χ0n) is 6.59. The Balaban J connectivity index is 2.85. The van der Waals surface area contributed by atoms with Gasteiger partial charge in [0, 0.05) is 18.6 Å². The third-order valence-electron chi connectivity index (χ3n) is 1.33. The average Bonchev–Trinajstić information content (AvgIpc) is 1.81. The van der Waals surface area contributed by atoms with Crippen LogP contribution in [0.5, 0.6) is 0 Å². The molecule has 0 radical (unpaired) electrons. The summed E-state index contributed by atoms with van der Waals surface area (Å²) in [7, 11) is 1.48. The van der Waals surface area contributed by atoms with Crippen molar-refractivity contribution in [3.8, 4) is 0 Å². The maximum Gasteiger partial charge on any atom is 0.125 e. The van der Waals surface area contributed by atoms with Crippen LogP contribution in [0, 0.1) is 5.82 Å². The molecule has 1 aromatic carbocycles. The fourth-order valence-electron chi connectivity index (χ4n) is 0.966. The van der Waals surface area contributed by atoms with Crippen LogP contribution in [0.2, 0.25) is 5.02 Å². The monoisotopic (exact) mass is 189 g/mol. The molecular weight excluding hydrogens is 181 g/mol. The van der Waals surface area contributed by atoms with Gasteiger partial charge in [0.1, 0.15) is 5.82 Å². The Morgan fingerprint density at radius 1 is 1.50 bits per heavy atom. The van der Waals surface area contributed by atoms with Crippen molar-refractivity contribution in [2.45, 2.75) is 6.54 Å². The van der Waals surface area contributed by atoms with E-state index in [1.54, 1.807) is 6.07 Å². The molecule has 1 aromatic rings. The van der Waals surface area contributed by atoms with Crippen molar-refractivity contribution in [3.05, 3.63) is 34.6 Å². The van der Waals surface area contributed by atoms with Crippen molar-refractivity contribution < 1.29 is 9.60 Å². The van der Waals surface area contributed by atoms with Crippen LogP contribution in [0.3, 0.4) is 0 Å². The van der Waals surface area contributed by atoms with Gasteiger partial charge in [0.25, 0.3) is 0 Å². The van der Waals surface area contributed by atoms with Crippen LogP contribution in [0.25, 0.3) is 0 Å². The molecular formula is C8H9ClFNO. The fraction of sp³-hybridized carbons (Fsp3) is 0.250. The lowest BCUT2D eigenvalue weighted by Gasteiger charge is -2.07. The van der Waals surface area contributed by atoms with Crippen LogP contribution in [-0.4, -0.2) is 17.3 Å². The van der Waals surface area contributed by atoms with E-state index in [-0.39, 0.29) is 12.4 Å². The number of hydrogen-bond donors (Lipinski definition) is 1. The van der Waals surface area contributed by atoms with Crippen molar-refractivity contribution in [3.63, 3.8) is 0 Å². The zero-order valence-corrected chi connectivity index (χ0v) is 7.35. The number of hydrogen-bond acceptors (Lipinski definition) is 2. The molecule has 0 saturated heterocycles. The van der Waals surface area contributed by atoms with Crippen LogP contribution in [-0.2, 0) is 6.54 Å². The highest BCUT2D eigenvalue weighted by Gasteiger charge is 2.00. The minimum Gasteiger partial charge on any atom is -0.314 e. The summed E-state index contributed by atoms with van der Waals surface area (Å²) in [5.41, 5.74) is 0.644. The summed E-state index contributed by atoms with van der Waals surface area (Å²) in [4.78, 5) is 0. The molecule has 0 bridgehead atoms. The summed E-state index contributed by atoms with van der Waals surface area (Å²) >= 11 is 5.59. The molecule has 0 amide bonds. The largest absolute Gasteiger partial charge is 0.314 e. The Kier molecular flexibility index (Phi) is 3.03. The van der Waals surface area contributed by atoms with E-state index in [0.717, 1.165) is 5.06 Å². The molecule has 12 heavy (non-hydrogen) atoms. The second-order valence-electron chi connectivity index (χ2n) is 2.59. The van der Waals surface area contributed by atoms with E-state index < -0.39 is 0 Å². The quantitative estimate of drug-likeness (QED) is 0.722. The van der Waals surface area contributed by atoms with Crippen molar-refractivity contribution in [1.29, 1.82) is 0 Å². The summed E-state index contributed by atoms with van der Waals surface area (Å²) in [6.07, 6.45) is 0. The molecule has 2 nitrogen and oxygen atoms in total. The second kappa shape index (κ2) is 3.85. The van der Waals surface area contributed by atoms with Gasteiger partial charge in [0.15, 0.2) is 0 Å². The number of halogens is 2. The third kappa shape index (κ3) is 2.77. The maximum absolute atomic E-state index is 12.7. The van der Waals surface area contributed by atoms with E-state index in [9.17, 15) is 4.39 Å². The van der Waals surface area contributed by atoms with Gasteiger partial charge < -0.3 is 5.21 Å². The van der Waals surface area contributed by atoms with Gasteiger partial charge in [-0.1, -0.05) is 11.6 Å². The van der Waals surface area contributed by atoms with Crippen LogP contribution in [0.15, 0.2) is 18.2 Å². The van der Waals surface area contributed by atoms with E-state index in [4.69, 9.17) is 16.8 Å². The fourth-order valence-corrected chi connectivity index (χ4v) is 1.21. The van der Waals surface area contributed by atoms with Gasteiger partial charge in [-0.25, -0.2) is 4.39 Å². The van der Waals surface area contributed by atoms with Crippen LogP contribution >= 0.6 is 11.6 Å². The molecule has 1 N–H and O–H groups in total. The minimum absolute atomic E-state index is 0.261. The molecule has 0 saturated carbocycles. The van der Waals surface area contributed by atoms with E-state index in [0.29, 0.717) is 10.6 Å². The number of rotatable bonds is 2. The van der Waals surface area contributed by atoms with Crippen molar-refractivity contribution >= 4 is 11.6 Å². The summed E-state index contributed by atoms with van der Waals surface area (Å²) in [6.45, 7) is 0.261. The molecule has 0 aliphatic carbocycles. The van der Waals surface area contributed by atoms with Crippen molar-refractivity contribution in [2.75, 3.05) is 7.05 Å². The summed E-state index contributed by atoms with van der Waals surface area (Å²) in [5.74, 6) is -0.389. The SMILES string of the molecule is CN(O)Cc1cc(F)cc(Cl)c1. The number of nitrogens with zero attached hydrogens (tertiary/aromatic N) is 1. The van der Waals surface area contributed by atoms with Gasteiger partial charge in [0.2, 0.25) is 0 Å². The third-order valence-corrected chi connectivity index (χ3v) is 1.55. The van der Waals surface area contributed by atoms with Crippen LogP contribution < -0.4 is 0 Å². The van der Waals surface area contributed by atoms with Gasteiger partial charge in [-0.05, 0) is 23.8 Å². The number of hydroxylamine groups is 2. The van der Waals surface area contributed by atoms with Crippen molar-refractivity contribution in [2.24, 2.45) is 0 Å². The van der Waals surface area contributed by atoms with Gasteiger partial charge in [-0.3, -0.25) is 0 Å². The summed E-state index contributed by atoms with van der Waals surface area (Å²) in [6, 6.07) is 4.17. The van der Waals surface area contributed by atoms with E-state index in [1.807, 2.05) is 0 Å². The van der Waals surface area contributed by atoms with Crippen LogP contribution in [0.4, 0.5) is 4.39 Å². The Morgan fingerprint density at radius 3 is 2.67 bits per heavy atom. The normalized spacial score (nSPS) is 10.8. The number of benzene rings is 1. The molecule has 4 heteroatoms. The Hall–Kier alpha value is -0.640. The van der Waals surface area contributed by atoms with Gasteiger partial charge >= 0.3 is 0 Å². The molecule has 0 spiro atoms. The Bertz CT molecular complexity index is 258. The van der Waals surface area contributed by atoms with Gasteiger partial charge in [0.05, 0.1) is 0 Å². The van der Waals surface area contributed by atoms with E-state index in [2.05, 4.69) is 0 Å². The second-order valence-corrected chi connectivity index (χ2v) is 3.03. The highest BCUT2D eigenvalue weighted by molar-refractivity contribution is 6.30. The lowest BCUT2D eigenvalue weighted by atomic mass is 10.2. The van der Waals surface area contributed by atoms with E-state index >= 15 is 0 Å². The molecule has 0 heterocycles. The maximum atomic E-state index is 12.7. The molecule has 0 aliphatic rings. The highest BCUT2D eigenvalue weighted by Crippen LogP contribution is 2.14. The summed E-state index contributed by atoms with van der Waals surface area (Å²) in [5, 5.41) is 10.2. The first kappa shape index (κ1) is 9.45. The zero-order chi connectivity index (χ0) is 9.14. The average molecular weight is 190 g/mol. The minimum atomic E-state index is -0.389. The predicted molar refractivity (Wildman–Crippen MR) is 44.7 cm³/mol. The Labute approximate surface area is 75.1 Å². The lowest BCUT2D eigenvalue weighted by Crippen LogP contribution is -2.11. The molecule has 0 atom stereocenters. The van der Waals surface area contributed by atoms with Gasteiger partial charge in [-0.15, -0.1) is 0 Å².